The number of rotatable bonds is 10. The third kappa shape index (κ3) is 11.0. The third-order valence-corrected chi connectivity index (χ3v) is 10.8. The smallest absolute Gasteiger partial charge is 0.446 e. The van der Waals surface area contributed by atoms with Gasteiger partial charge in [-0.05, 0) is 121 Å². The molecule has 4 aromatic carbocycles. The SMILES string of the molecule is Cc1ccc(C(=O)O[C@H](C(=O)O)[C@H](OC(=O)c2ccc(C)cc2)C(=O)O)cc1.FC(F)(F)Sc1ccc2c(c1)C(=C1CCN(CC3CC3)CC1)c1ccccc1C=C2. The van der Waals surface area contributed by atoms with Crippen LogP contribution in [-0.2, 0) is 19.1 Å². The van der Waals surface area contributed by atoms with E-state index in [0.29, 0.717) is 0 Å². The minimum absolute atomic E-state index is 0.0304. The summed E-state index contributed by atoms with van der Waals surface area (Å²) in [7, 11) is 0. The molecule has 9 nitrogen and oxygen atoms in total. The van der Waals surface area contributed by atoms with Crippen LogP contribution in [-0.4, -0.2) is 76.3 Å². The van der Waals surface area contributed by atoms with Crippen LogP contribution in [0.25, 0.3) is 17.7 Å². The first-order valence-corrected chi connectivity index (χ1v) is 19.6. The zero-order valence-corrected chi connectivity index (χ0v) is 32.6. The van der Waals surface area contributed by atoms with Gasteiger partial charge in [0, 0.05) is 24.5 Å². The number of carbonyl (C=O) groups excluding carboxylic acids is 2. The second-order valence-electron chi connectivity index (χ2n) is 14.5. The van der Waals surface area contributed by atoms with Crippen molar-refractivity contribution in [3.8, 4) is 0 Å². The Bertz CT molecular complexity index is 2140. The maximum Gasteiger partial charge on any atom is 0.446 e. The monoisotopic (exact) mass is 813 g/mol. The lowest BCUT2D eigenvalue weighted by atomic mass is 9.86. The summed E-state index contributed by atoms with van der Waals surface area (Å²) in [5.41, 5.74) is 4.19. The van der Waals surface area contributed by atoms with Crippen LogP contribution >= 0.6 is 11.8 Å². The van der Waals surface area contributed by atoms with Crippen LogP contribution in [0.2, 0.25) is 0 Å². The summed E-state index contributed by atoms with van der Waals surface area (Å²) in [6.07, 6.45) is 4.35. The maximum atomic E-state index is 13.0. The standard InChI is InChI=1S/C25H24F3NS.C20H18O8/c26-25(27,28)30-21-10-9-19-8-7-18-3-1-2-4-22(18)24(23(19)15-21)20-11-13-29(14-12-20)16-17-5-6-17;1-11-3-7-13(8-4-11)19(25)27-15(17(21)22)16(18(23)24)28-20(26)14-9-5-12(2)6-10-14/h1-4,7-10,15,17H,5-6,11-14,16H2;3-10,15-16H,1-2H3,(H,21,22)(H,23,24)/t;15-,16-/m.0/s1. The van der Waals surface area contributed by atoms with Crippen molar-refractivity contribution in [2.45, 2.75) is 62.1 Å². The zero-order chi connectivity index (χ0) is 41.6. The molecule has 1 saturated carbocycles. The van der Waals surface area contributed by atoms with Crippen molar-refractivity contribution >= 4 is 53.4 Å². The highest BCUT2D eigenvalue weighted by atomic mass is 32.2. The van der Waals surface area contributed by atoms with Gasteiger partial charge in [-0.3, -0.25) is 0 Å². The molecule has 0 radical (unpaired) electrons. The topological polar surface area (TPSA) is 130 Å². The summed E-state index contributed by atoms with van der Waals surface area (Å²) in [5.74, 6) is -4.74. The molecular weight excluding hydrogens is 772 g/mol. The number of esters is 2. The average molecular weight is 814 g/mol. The first-order chi connectivity index (χ1) is 27.6. The predicted octanol–water partition coefficient (Wildman–Crippen LogP) is 9.31. The Balaban J connectivity index is 0.000000196. The van der Waals surface area contributed by atoms with Crippen LogP contribution in [0.15, 0.2) is 101 Å². The van der Waals surface area contributed by atoms with Gasteiger partial charge in [-0.1, -0.05) is 83.4 Å². The van der Waals surface area contributed by atoms with Gasteiger partial charge in [0.15, 0.2) is 0 Å². The molecule has 1 aliphatic heterocycles. The van der Waals surface area contributed by atoms with Crippen LogP contribution < -0.4 is 0 Å². The van der Waals surface area contributed by atoms with E-state index in [2.05, 4.69) is 23.1 Å². The van der Waals surface area contributed by atoms with Crippen molar-refractivity contribution in [2.24, 2.45) is 5.92 Å². The fourth-order valence-corrected chi connectivity index (χ4v) is 7.40. The van der Waals surface area contributed by atoms with E-state index >= 15 is 0 Å². The van der Waals surface area contributed by atoms with Gasteiger partial charge < -0.3 is 24.6 Å². The number of alkyl halides is 3. The molecule has 0 amide bonds. The van der Waals surface area contributed by atoms with E-state index in [0.717, 1.165) is 70.8 Å². The zero-order valence-electron chi connectivity index (χ0n) is 31.8. The molecule has 302 valence electrons. The van der Waals surface area contributed by atoms with Gasteiger partial charge in [-0.15, -0.1) is 0 Å². The molecule has 2 atom stereocenters. The first kappa shape index (κ1) is 42.0. The third-order valence-electron chi connectivity index (χ3n) is 10.0. The number of benzene rings is 4. The summed E-state index contributed by atoms with van der Waals surface area (Å²) in [5, 5.41) is 18.6. The Morgan fingerprint density at radius 1 is 0.724 bits per heavy atom. The molecule has 2 N–H and O–H groups in total. The number of carbonyl (C=O) groups is 4. The van der Waals surface area contributed by atoms with E-state index in [-0.39, 0.29) is 27.8 Å². The maximum absolute atomic E-state index is 13.0. The van der Waals surface area contributed by atoms with Gasteiger partial charge >= 0.3 is 29.4 Å². The molecule has 2 aliphatic carbocycles. The quantitative estimate of drug-likeness (QED) is 0.104. The van der Waals surface area contributed by atoms with Crippen molar-refractivity contribution in [2.75, 3.05) is 19.6 Å². The highest BCUT2D eigenvalue weighted by molar-refractivity contribution is 8.00. The van der Waals surface area contributed by atoms with Crippen molar-refractivity contribution in [3.05, 3.63) is 141 Å². The minimum atomic E-state index is -4.28. The fourth-order valence-electron chi connectivity index (χ4n) is 6.82. The molecule has 0 spiro atoms. The van der Waals surface area contributed by atoms with Crippen LogP contribution in [0.5, 0.6) is 0 Å². The predicted molar refractivity (Wildman–Crippen MR) is 214 cm³/mol. The van der Waals surface area contributed by atoms with E-state index in [4.69, 9.17) is 9.47 Å². The van der Waals surface area contributed by atoms with E-state index in [1.54, 1.807) is 50.2 Å². The summed E-state index contributed by atoms with van der Waals surface area (Å²) in [6.45, 7) is 6.86. The lowest BCUT2D eigenvalue weighted by Crippen LogP contribution is -2.45. The number of carboxylic acids is 2. The van der Waals surface area contributed by atoms with Crippen molar-refractivity contribution in [1.82, 2.24) is 4.90 Å². The number of piperidine rings is 1. The summed E-state index contributed by atoms with van der Waals surface area (Å²) < 4.78 is 48.7. The summed E-state index contributed by atoms with van der Waals surface area (Å²) >= 11 is -0.0304. The van der Waals surface area contributed by atoms with E-state index in [1.807, 2.05) is 24.3 Å². The highest BCUT2D eigenvalue weighted by Crippen LogP contribution is 2.43. The van der Waals surface area contributed by atoms with Crippen LogP contribution in [0.3, 0.4) is 0 Å². The van der Waals surface area contributed by atoms with Crippen LogP contribution in [0.4, 0.5) is 13.2 Å². The summed E-state index contributed by atoms with van der Waals surface area (Å²) in [4.78, 5) is 50.1. The number of fused-ring (bicyclic) bond motifs is 2. The Kier molecular flexibility index (Phi) is 13.2. The van der Waals surface area contributed by atoms with Gasteiger partial charge in [0.1, 0.15) is 0 Å². The van der Waals surface area contributed by atoms with Crippen molar-refractivity contribution in [3.63, 3.8) is 0 Å². The number of nitrogens with zero attached hydrogens (tertiary/aromatic N) is 1. The number of likely N-dealkylation sites (tertiary alicyclic amines) is 1. The van der Waals surface area contributed by atoms with Crippen LogP contribution in [0.1, 0.15) is 79.8 Å². The number of halogens is 3. The largest absolute Gasteiger partial charge is 0.478 e. The fraction of sp³-hybridized carbons (Fsp3) is 0.289. The number of hydrogen-bond donors (Lipinski definition) is 2. The molecule has 1 saturated heterocycles. The van der Waals surface area contributed by atoms with Crippen molar-refractivity contribution < 1.29 is 52.0 Å². The van der Waals surface area contributed by atoms with E-state index in [1.165, 1.54) is 49.2 Å². The molecular formula is C45H42F3NO8S. The van der Waals surface area contributed by atoms with Gasteiger partial charge in [-0.2, -0.15) is 13.2 Å². The Hall–Kier alpha value is -5.66. The number of carboxylic acid groups (broad SMARTS) is 2. The molecule has 4 aromatic rings. The Labute approximate surface area is 338 Å². The van der Waals surface area contributed by atoms with E-state index in [9.17, 15) is 42.6 Å². The van der Waals surface area contributed by atoms with Crippen molar-refractivity contribution in [1.29, 1.82) is 0 Å². The second-order valence-corrected chi connectivity index (χ2v) is 15.6. The minimum Gasteiger partial charge on any atom is -0.478 e. The highest BCUT2D eigenvalue weighted by Gasteiger charge is 2.41. The van der Waals surface area contributed by atoms with Crippen LogP contribution in [0, 0.1) is 19.8 Å². The number of hydrogen-bond acceptors (Lipinski definition) is 8. The molecule has 0 unspecified atom stereocenters. The summed E-state index contributed by atoms with van der Waals surface area (Å²) in [6, 6.07) is 25.5. The average Bonchev–Trinajstić information content (AvgIpc) is 4.02. The molecule has 2 fully saturated rings. The lowest BCUT2D eigenvalue weighted by molar-refractivity contribution is -0.166. The lowest BCUT2D eigenvalue weighted by Gasteiger charge is -2.30. The number of ether oxygens (including phenoxy) is 2. The number of thioether (sulfide) groups is 1. The van der Waals surface area contributed by atoms with Gasteiger partial charge in [0.05, 0.1) is 11.1 Å². The number of aryl methyl sites for hydroxylation is 2. The Morgan fingerprint density at radius 3 is 1.71 bits per heavy atom. The molecule has 13 heteroatoms. The van der Waals surface area contributed by atoms with Gasteiger partial charge in [0.25, 0.3) is 0 Å². The number of aliphatic carboxylic acids is 2. The molecule has 7 rings (SSSR count). The molecule has 0 bridgehead atoms. The molecule has 1 heterocycles. The first-order valence-electron chi connectivity index (χ1n) is 18.8. The second kappa shape index (κ2) is 18.3. The molecule has 0 aromatic heterocycles. The molecule has 3 aliphatic rings. The van der Waals surface area contributed by atoms with E-state index < -0.39 is 41.6 Å². The Morgan fingerprint density at radius 2 is 1.22 bits per heavy atom. The van der Waals surface area contributed by atoms with Gasteiger partial charge in [0.2, 0.25) is 12.2 Å². The molecule has 58 heavy (non-hydrogen) atoms. The van der Waals surface area contributed by atoms with Gasteiger partial charge in [-0.25, -0.2) is 19.2 Å². The normalized spacial score (nSPS) is 16.1.